The lowest BCUT2D eigenvalue weighted by Crippen LogP contribution is -2.52. The highest BCUT2D eigenvalue weighted by Gasteiger charge is 2.25. The number of halogens is 2. The van der Waals surface area contributed by atoms with Crippen LogP contribution in [-0.2, 0) is 4.79 Å². The van der Waals surface area contributed by atoms with E-state index in [0.717, 1.165) is 39.0 Å². The number of carbonyl (C=O) groups is 2. The summed E-state index contributed by atoms with van der Waals surface area (Å²) < 4.78 is 0. The van der Waals surface area contributed by atoms with E-state index in [0.29, 0.717) is 30.9 Å². The van der Waals surface area contributed by atoms with Crippen molar-refractivity contribution in [3.05, 3.63) is 29.8 Å². The Labute approximate surface area is 167 Å². The van der Waals surface area contributed by atoms with E-state index in [-0.39, 0.29) is 36.6 Å². The summed E-state index contributed by atoms with van der Waals surface area (Å²) in [5, 5.41) is 0. The summed E-state index contributed by atoms with van der Waals surface area (Å²) >= 11 is 0. The van der Waals surface area contributed by atoms with Crippen molar-refractivity contribution in [2.24, 2.45) is 0 Å². The number of nitrogens with two attached hydrogens (primary N) is 1. The first-order valence-corrected chi connectivity index (χ1v) is 8.78. The fraction of sp³-hybridized carbons (Fsp3) is 0.556. The van der Waals surface area contributed by atoms with Crippen LogP contribution in [0.15, 0.2) is 24.3 Å². The van der Waals surface area contributed by atoms with E-state index in [1.165, 1.54) is 6.42 Å². The molecule has 146 valence electrons. The molecular formula is C18H28Cl2N4O2. The molecule has 2 N–H and O–H groups in total. The molecule has 0 saturated carbocycles. The monoisotopic (exact) mass is 402 g/mol. The summed E-state index contributed by atoms with van der Waals surface area (Å²) in [5.74, 6) is 0.245. The Hall–Kier alpha value is -1.50. The first-order chi connectivity index (χ1) is 11.6. The number of amides is 2. The third-order valence-electron chi connectivity index (χ3n) is 4.86. The molecule has 0 bridgehead atoms. The van der Waals surface area contributed by atoms with Gasteiger partial charge in [-0.15, -0.1) is 24.8 Å². The fourth-order valence-electron chi connectivity index (χ4n) is 3.40. The maximum Gasteiger partial charge on any atom is 0.254 e. The number of nitrogen functional groups attached to an aromatic ring is 1. The Kier molecular flexibility index (Phi) is 9.19. The summed E-state index contributed by atoms with van der Waals surface area (Å²) in [4.78, 5) is 30.8. The van der Waals surface area contributed by atoms with Gasteiger partial charge in [0.1, 0.15) is 0 Å². The quantitative estimate of drug-likeness (QED) is 0.783. The smallest absolute Gasteiger partial charge is 0.254 e. The van der Waals surface area contributed by atoms with Gasteiger partial charge in [0, 0.05) is 50.5 Å². The van der Waals surface area contributed by atoms with Crippen LogP contribution in [0.3, 0.4) is 0 Å². The molecule has 0 spiro atoms. The molecule has 0 radical (unpaired) electrons. The second-order valence-corrected chi connectivity index (χ2v) is 6.64. The highest BCUT2D eigenvalue weighted by molar-refractivity contribution is 5.95. The van der Waals surface area contributed by atoms with Crippen molar-refractivity contribution in [2.45, 2.75) is 19.3 Å². The van der Waals surface area contributed by atoms with Crippen molar-refractivity contribution in [1.82, 2.24) is 14.7 Å². The zero-order valence-electron chi connectivity index (χ0n) is 14.9. The molecule has 2 aliphatic rings. The van der Waals surface area contributed by atoms with E-state index < -0.39 is 0 Å². The highest BCUT2D eigenvalue weighted by Crippen LogP contribution is 2.13. The zero-order valence-corrected chi connectivity index (χ0v) is 16.6. The second kappa shape index (κ2) is 10.6. The normalized spacial score (nSPS) is 17.8. The summed E-state index contributed by atoms with van der Waals surface area (Å²) in [6.07, 6.45) is 3.47. The third kappa shape index (κ3) is 5.76. The molecule has 1 aromatic carbocycles. The number of carbonyl (C=O) groups excluding carboxylic acids is 2. The van der Waals surface area contributed by atoms with Crippen LogP contribution in [0.25, 0.3) is 0 Å². The first kappa shape index (κ1) is 22.5. The fourth-order valence-corrected chi connectivity index (χ4v) is 3.40. The average Bonchev–Trinajstić information content (AvgIpc) is 2.62. The molecule has 26 heavy (non-hydrogen) atoms. The van der Waals surface area contributed by atoms with Gasteiger partial charge in [-0.05, 0) is 37.5 Å². The van der Waals surface area contributed by atoms with Gasteiger partial charge >= 0.3 is 0 Å². The predicted molar refractivity (Wildman–Crippen MR) is 108 cm³/mol. The number of hydrogen-bond donors (Lipinski definition) is 1. The van der Waals surface area contributed by atoms with Gasteiger partial charge in [-0.25, -0.2) is 0 Å². The lowest BCUT2D eigenvalue weighted by Gasteiger charge is -2.36. The molecule has 0 aromatic heterocycles. The van der Waals surface area contributed by atoms with Crippen LogP contribution >= 0.6 is 24.8 Å². The molecule has 8 heteroatoms. The summed E-state index contributed by atoms with van der Waals surface area (Å²) in [7, 11) is 0. The number of piperidine rings is 1. The largest absolute Gasteiger partial charge is 0.399 e. The zero-order chi connectivity index (χ0) is 16.9. The third-order valence-corrected chi connectivity index (χ3v) is 4.86. The van der Waals surface area contributed by atoms with Crippen LogP contribution in [0.2, 0.25) is 0 Å². The van der Waals surface area contributed by atoms with E-state index >= 15 is 0 Å². The van der Waals surface area contributed by atoms with Gasteiger partial charge in [0.15, 0.2) is 0 Å². The Balaban J connectivity index is 0.00000169. The Morgan fingerprint density at radius 3 is 2.15 bits per heavy atom. The number of likely N-dealkylation sites (tertiary alicyclic amines) is 1. The minimum atomic E-state index is 0. The molecular weight excluding hydrogens is 375 g/mol. The number of anilines is 1. The van der Waals surface area contributed by atoms with Crippen LogP contribution in [0.1, 0.15) is 29.6 Å². The Morgan fingerprint density at radius 1 is 0.885 bits per heavy atom. The van der Waals surface area contributed by atoms with E-state index in [4.69, 9.17) is 5.73 Å². The van der Waals surface area contributed by atoms with Crippen LogP contribution < -0.4 is 5.73 Å². The number of hydrogen-bond acceptors (Lipinski definition) is 4. The molecule has 2 fully saturated rings. The van der Waals surface area contributed by atoms with Crippen molar-refractivity contribution in [2.75, 3.05) is 51.5 Å². The van der Waals surface area contributed by atoms with Gasteiger partial charge in [-0.2, -0.15) is 0 Å². The van der Waals surface area contributed by atoms with Crippen LogP contribution in [0.5, 0.6) is 0 Å². The SMILES string of the molecule is Cl.Cl.Nc1cccc(C(=O)N2CCN(CC(=O)N3CCCCC3)CC2)c1. The molecule has 3 rings (SSSR count). The van der Waals surface area contributed by atoms with Crippen molar-refractivity contribution in [3.8, 4) is 0 Å². The lowest BCUT2D eigenvalue weighted by molar-refractivity contribution is -0.133. The maximum atomic E-state index is 12.5. The Morgan fingerprint density at radius 2 is 1.54 bits per heavy atom. The van der Waals surface area contributed by atoms with E-state index in [2.05, 4.69) is 4.90 Å². The number of nitrogens with zero attached hydrogens (tertiary/aromatic N) is 3. The molecule has 6 nitrogen and oxygen atoms in total. The lowest BCUT2D eigenvalue weighted by atomic mass is 10.1. The summed E-state index contributed by atoms with van der Waals surface area (Å²) in [5.41, 5.74) is 6.99. The minimum Gasteiger partial charge on any atom is -0.399 e. The van der Waals surface area contributed by atoms with Gasteiger partial charge < -0.3 is 15.5 Å². The summed E-state index contributed by atoms with van der Waals surface area (Å²) in [6.45, 7) is 5.06. The predicted octanol–water partition coefficient (Wildman–Crippen LogP) is 1.88. The average molecular weight is 403 g/mol. The molecule has 2 amide bonds. The topological polar surface area (TPSA) is 69.9 Å². The summed E-state index contributed by atoms with van der Waals surface area (Å²) in [6, 6.07) is 7.09. The molecule has 0 atom stereocenters. The van der Waals surface area contributed by atoms with E-state index in [1.54, 1.807) is 24.3 Å². The standard InChI is InChI=1S/C18H26N4O2.2ClH/c19-16-6-4-5-15(13-16)18(24)22-11-9-20(10-12-22)14-17(23)21-7-2-1-3-8-21;;/h4-6,13H,1-3,7-12,14,19H2;2*1H. The molecule has 2 aliphatic heterocycles. The van der Waals surface area contributed by atoms with Crippen molar-refractivity contribution >= 4 is 42.3 Å². The van der Waals surface area contributed by atoms with Gasteiger partial charge in [-0.1, -0.05) is 6.07 Å². The highest BCUT2D eigenvalue weighted by atomic mass is 35.5. The Bertz CT molecular complexity index is 601. The number of rotatable bonds is 3. The molecule has 0 aliphatic carbocycles. The second-order valence-electron chi connectivity index (χ2n) is 6.64. The van der Waals surface area contributed by atoms with Crippen LogP contribution in [0.4, 0.5) is 5.69 Å². The van der Waals surface area contributed by atoms with Crippen LogP contribution in [-0.4, -0.2) is 72.3 Å². The number of piperazine rings is 1. The minimum absolute atomic E-state index is 0. The van der Waals surface area contributed by atoms with E-state index in [1.807, 2.05) is 9.80 Å². The molecule has 0 unspecified atom stereocenters. The molecule has 2 saturated heterocycles. The van der Waals surface area contributed by atoms with Crippen molar-refractivity contribution in [3.63, 3.8) is 0 Å². The van der Waals surface area contributed by atoms with Gasteiger partial charge in [0.25, 0.3) is 5.91 Å². The number of benzene rings is 1. The van der Waals surface area contributed by atoms with Crippen molar-refractivity contribution in [1.29, 1.82) is 0 Å². The van der Waals surface area contributed by atoms with Gasteiger partial charge in [-0.3, -0.25) is 14.5 Å². The van der Waals surface area contributed by atoms with Crippen LogP contribution in [0, 0.1) is 0 Å². The maximum absolute atomic E-state index is 12.5. The van der Waals surface area contributed by atoms with Crippen molar-refractivity contribution < 1.29 is 9.59 Å². The molecule has 1 aromatic rings. The molecule has 2 heterocycles. The van der Waals surface area contributed by atoms with E-state index in [9.17, 15) is 9.59 Å². The van der Waals surface area contributed by atoms with Gasteiger partial charge in [0.2, 0.25) is 5.91 Å². The first-order valence-electron chi connectivity index (χ1n) is 8.78. The van der Waals surface area contributed by atoms with Gasteiger partial charge in [0.05, 0.1) is 6.54 Å².